The maximum absolute atomic E-state index is 12.4. The van der Waals surface area contributed by atoms with E-state index in [1.807, 2.05) is 6.92 Å². The number of benzene rings is 1. The van der Waals surface area contributed by atoms with Crippen molar-refractivity contribution in [3.05, 3.63) is 41.6 Å². The summed E-state index contributed by atoms with van der Waals surface area (Å²) < 4.78 is 6.97. The first-order chi connectivity index (χ1) is 11.5. The molecule has 2 N–H and O–H groups in total. The van der Waals surface area contributed by atoms with Gasteiger partial charge >= 0.3 is 0 Å². The van der Waals surface area contributed by atoms with Crippen LogP contribution in [0.5, 0.6) is 0 Å². The fraction of sp³-hybridized carbons (Fsp3) is 0.353. The SMILES string of the molecule is Cc1cc(NC(=O)c2cccc(NC(=O)C3CCCO3)c2)n(C)n1. The number of carbonyl (C=O) groups is 2. The van der Waals surface area contributed by atoms with Crippen LogP contribution in [0.4, 0.5) is 11.5 Å². The van der Waals surface area contributed by atoms with Crippen LogP contribution in [-0.2, 0) is 16.6 Å². The third kappa shape index (κ3) is 3.62. The summed E-state index contributed by atoms with van der Waals surface area (Å²) in [6.45, 7) is 2.47. The molecule has 0 radical (unpaired) electrons. The maximum atomic E-state index is 12.4. The quantitative estimate of drug-likeness (QED) is 0.900. The summed E-state index contributed by atoms with van der Waals surface area (Å²) in [5.74, 6) is 0.185. The van der Waals surface area contributed by atoms with E-state index in [1.54, 1.807) is 42.1 Å². The molecule has 1 saturated heterocycles. The highest BCUT2D eigenvalue weighted by atomic mass is 16.5. The molecule has 24 heavy (non-hydrogen) atoms. The molecule has 1 aromatic carbocycles. The van der Waals surface area contributed by atoms with Crippen LogP contribution in [-0.4, -0.2) is 34.3 Å². The van der Waals surface area contributed by atoms with Gasteiger partial charge in [0.2, 0.25) is 0 Å². The zero-order valence-corrected chi connectivity index (χ0v) is 13.7. The lowest BCUT2D eigenvalue weighted by Crippen LogP contribution is -2.27. The molecule has 7 nitrogen and oxygen atoms in total. The van der Waals surface area contributed by atoms with E-state index in [0.29, 0.717) is 23.7 Å². The van der Waals surface area contributed by atoms with Crippen LogP contribution < -0.4 is 10.6 Å². The smallest absolute Gasteiger partial charge is 0.256 e. The first kappa shape index (κ1) is 16.2. The summed E-state index contributed by atoms with van der Waals surface area (Å²) in [6, 6.07) is 8.61. The van der Waals surface area contributed by atoms with E-state index in [2.05, 4.69) is 15.7 Å². The lowest BCUT2D eigenvalue weighted by Gasteiger charge is -2.11. The monoisotopic (exact) mass is 328 g/mol. The van der Waals surface area contributed by atoms with Crippen molar-refractivity contribution in [1.82, 2.24) is 9.78 Å². The number of hydrogen-bond donors (Lipinski definition) is 2. The number of aromatic nitrogens is 2. The fourth-order valence-electron chi connectivity index (χ4n) is 2.66. The van der Waals surface area contributed by atoms with Crippen molar-refractivity contribution in [2.75, 3.05) is 17.2 Å². The van der Waals surface area contributed by atoms with Gasteiger partial charge in [-0.05, 0) is 38.0 Å². The molecule has 7 heteroatoms. The third-order valence-corrected chi connectivity index (χ3v) is 3.86. The first-order valence-corrected chi connectivity index (χ1v) is 7.87. The fourth-order valence-corrected chi connectivity index (χ4v) is 2.66. The number of hydrogen-bond acceptors (Lipinski definition) is 4. The van der Waals surface area contributed by atoms with Crippen LogP contribution in [0, 0.1) is 6.92 Å². The first-order valence-electron chi connectivity index (χ1n) is 7.87. The molecule has 0 spiro atoms. The Balaban J connectivity index is 1.69. The Bertz CT molecular complexity index is 763. The Morgan fingerprint density at radius 1 is 1.29 bits per heavy atom. The molecule has 3 rings (SSSR count). The van der Waals surface area contributed by atoms with Gasteiger partial charge in [-0.2, -0.15) is 5.10 Å². The second-order valence-electron chi connectivity index (χ2n) is 5.82. The summed E-state index contributed by atoms with van der Waals surface area (Å²) in [5.41, 5.74) is 1.86. The van der Waals surface area contributed by atoms with E-state index >= 15 is 0 Å². The minimum absolute atomic E-state index is 0.174. The molecule has 126 valence electrons. The summed E-state index contributed by atoms with van der Waals surface area (Å²) >= 11 is 0. The van der Waals surface area contributed by atoms with Crippen molar-refractivity contribution in [1.29, 1.82) is 0 Å². The molecule has 2 aromatic rings. The lowest BCUT2D eigenvalue weighted by atomic mass is 10.1. The zero-order valence-electron chi connectivity index (χ0n) is 13.7. The number of amides is 2. The van der Waals surface area contributed by atoms with E-state index in [4.69, 9.17) is 4.74 Å². The van der Waals surface area contributed by atoms with Gasteiger partial charge in [-0.1, -0.05) is 6.07 Å². The highest BCUT2D eigenvalue weighted by Gasteiger charge is 2.23. The average Bonchev–Trinajstić information content (AvgIpc) is 3.18. The van der Waals surface area contributed by atoms with Crippen molar-refractivity contribution in [3.8, 4) is 0 Å². The highest BCUT2D eigenvalue weighted by molar-refractivity contribution is 6.05. The standard InChI is InChI=1S/C17H20N4O3/c1-11-9-15(21(2)20-11)19-16(22)12-5-3-6-13(10-12)18-17(23)14-7-4-8-24-14/h3,5-6,9-10,14H,4,7-8H2,1-2H3,(H,18,23)(H,19,22). The molecule has 0 bridgehead atoms. The molecule has 0 aliphatic carbocycles. The van der Waals surface area contributed by atoms with Crippen molar-refractivity contribution in [2.24, 2.45) is 7.05 Å². The van der Waals surface area contributed by atoms with Crippen LogP contribution in [0.25, 0.3) is 0 Å². The van der Waals surface area contributed by atoms with Crippen molar-refractivity contribution >= 4 is 23.3 Å². The van der Waals surface area contributed by atoms with E-state index < -0.39 is 6.10 Å². The topological polar surface area (TPSA) is 85.3 Å². The van der Waals surface area contributed by atoms with Crippen molar-refractivity contribution in [3.63, 3.8) is 0 Å². The van der Waals surface area contributed by atoms with Crippen LogP contribution in [0.15, 0.2) is 30.3 Å². The molecule has 2 heterocycles. The summed E-state index contributed by atoms with van der Waals surface area (Å²) in [6.07, 6.45) is 1.22. The van der Waals surface area contributed by atoms with Gasteiger partial charge in [0.1, 0.15) is 11.9 Å². The molecule has 1 fully saturated rings. The number of anilines is 2. The zero-order chi connectivity index (χ0) is 17.1. The van der Waals surface area contributed by atoms with E-state index in [-0.39, 0.29) is 11.8 Å². The number of rotatable bonds is 4. The molecule has 1 aliphatic rings. The van der Waals surface area contributed by atoms with Gasteiger partial charge in [0, 0.05) is 31.0 Å². The summed E-state index contributed by atoms with van der Waals surface area (Å²) in [4.78, 5) is 24.5. The van der Waals surface area contributed by atoms with Gasteiger partial charge in [0.15, 0.2) is 0 Å². The van der Waals surface area contributed by atoms with Crippen LogP contribution in [0.1, 0.15) is 28.9 Å². The summed E-state index contributed by atoms with van der Waals surface area (Å²) in [7, 11) is 1.76. The number of aryl methyl sites for hydroxylation is 2. The second-order valence-corrected chi connectivity index (χ2v) is 5.82. The van der Waals surface area contributed by atoms with Crippen molar-refractivity contribution < 1.29 is 14.3 Å². The Labute approximate surface area is 140 Å². The minimum Gasteiger partial charge on any atom is -0.368 e. The maximum Gasteiger partial charge on any atom is 0.256 e. The van der Waals surface area contributed by atoms with Crippen molar-refractivity contribution in [2.45, 2.75) is 25.9 Å². The number of nitrogens with zero attached hydrogens (tertiary/aromatic N) is 2. The Hall–Kier alpha value is -2.67. The van der Waals surface area contributed by atoms with Gasteiger partial charge in [-0.3, -0.25) is 14.3 Å². The van der Waals surface area contributed by atoms with Gasteiger partial charge < -0.3 is 15.4 Å². The highest BCUT2D eigenvalue weighted by Crippen LogP contribution is 2.17. The Morgan fingerprint density at radius 2 is 2.12 bits per heavy atom. The average molecular weight is 328 g/mol. The van der Waals surface area contributed by atoms with E-state index in [1.165, 1.54) is 0 Å². The van der Waals surface area contributed by atoms with Gasteiger partial charge in [-0.15, -0.1) is 0 Å². The van der Waals surface area contributed by atoms with Gasteiger partial charge in [-0.25, -0.2) is 0 Å². The molecule has 1 aromatic heterocycles. The molecule has 1 aliphatic heterocycles. The van der Waals surface area contributed by atoms with Crippen LogP contribution >= 0.6 is 0 Å². The number of carbonyl (C=O) groups excluding carboxylic acids is 2. The van der Waals surface area contributed by atoms with Crippen LogP contribution in [0.3, 0.4) is 0 Å². The minimum atomic E-state index is -0.403. The molecule has 1 unspecified atom stereocenters. The largest absolute Gasteiger partial charge is 0.368 e. The second kappa shape index (κ2) is 6.84. The van der Waals surface area contributed by atoms with E-state index in [9.17, 15) is 9.59 Å². The van der Waals surface area contributed by atoms with Gasteiger partial charge in [0.05, 0.1) is 5.69 Å². The summed E-state index contributed by atoms with van der Waals surface area (Å²) in [5, 5.41) is 9.79. The lowest BCUT2D eigenvalue weighted by molar-refractivity contribution is -0.124. The predicted molar refractivity (Wildman–Crippen MR) is 89.9 cm³/mol. The molecular weight excluding hydrogens is 308 g/mol. The van der Waals surface area contributed by atoms with Crippen LogP contribution in [0.2, 0.25) is 0 Å². The number of nitrogens with one attached hydrogen (secondary N) is 2. The third-order valence-electron chi connectivity index (χ3n) is 3.86. The molecule has 2 amide bonds. The predicted octanol–water partition coefficient (Wildman–Crippen LogP) is 2.10. The Kier molecular flexibility index (Phi) is 4.61. The normalized spacial score (nSPS) is 16.8. The van der Waals surface area contributed by atoms with Gasteiger partial charge in [0.25, 0.3) is 11.8 Å². The van der Waals surface area contributed by atoms with E-state index in [0.717, 1.165) is 18.5 Å². The Morgan fingerprint density at radius 3 is 2.79 bits per heavy atom. The molecule has 0 saturated carbocycles. The number of ether oxygens (including phenoxy) is 1. The molecular formula is C17H20N4O3. The molecule has 1 atom stereocenters.